The van der Waals surface area contributed by atoms with Crippen molar-refractivity contribution in [3.8, 4) is 18.1 Å². The van der Waals surface area contributed by atoms with Crippen LogP contribution in [-0.4, -0.2) is 27.4 Å². The van der Waals surface area contributed by atoms with Gasteiger partial charge in [-0.1, -0.05) is 36.8 Å². The summed E-state index contributed by atoms with van der Waals surface area (Å²) in [5, 5.41) is 15.9. The fourth-order valence-electron chi connectivity index (χ4n) is 3.45. The number of terminal acetylenes is 1. The minimum absolute atomic E-state index is 0.00795. The molecule has 1 aromatic carbocycles. The number of hydrogen-bond donors (Lipinski definition) is 3. The van der Waals surface area contributed by atoms with Crippen LogP contribution in [0.5, 0.6) is 5.75 Å². The van der Waals surface area contributed by atoms with E-state index >= 15 is 0 Å². The molecule has 1 aliphatic rings. The first kappa shape index (κ1) is 20.7. The highest BCUT2D eigenvalue weighted by atomic mass is 35.5. The topological polar surface area (TPSA) is 91.3 Å². The predicted molar refractivity (Wildman–Crippen MR) is 112 cm³/mol. The highest BCUT2D eigenvalue weighted by Crippen LogP contribution is 2.28. The molecule has 1 fully saturated rings. The summed E-state index contributed by atoms with van der Waals surface area (Å²) in [6.07, 6.45) is 11.6. The van der Waals surface area contributed by atoms with E-state index in [0.29, 0.717) is 16.3 Å². The van der Waals surface area contributed by atoms with Crippen molar-refractivity contribution in [3.63, 3.8) is 0 Å². The molecular weight excluding hydrogens is 390 g/mol. The van der Waals surface area contributed by atoms with E-state index in [1.54, 1.807) is 12.1 Å². The monoisotopic (exact) mass is 411 g/mol. The quantitative estimate of drug-likeness (QED) is 0.654. The van der Waals surface area contributed by atoms with Crippen LogP contribution in [0.4, 0.5) is 5.69 Å². The van der Waals surface area contributed by atoms with Crippen LogP contribution in [0, 0.1) is 12.3 Å². The van der Waals surface area contributed by atoms with Crippen molar-refractivity contribution < 1.29 is 14.7 Å². The number of nitrogens with zero attached hydrogens (tertiary/aromatic N) is 1. The lowest BCUT2D eigenvalue weighted by Crippen LogP contribution is -2.48. The number of amides is 2. The van der Waals surface area contributed by atoms with Gasteiger partial charge in [0.2, 0.25) is 5.91 Å². The van der Waals surface area contributed by atoms with Crippen molar-refractivity contribution in [1.29, 1.82) is 0 Å². The van der Waals surface area contributed by atoms with Gasteiger partial charge in [-0.25, -0.2) is 0 Å². The summed E-state index contributed by atoms with van der Waals surface area (Å²) in [6.45, 7) is 0. The molecule has 150 valence electrons. The Kier molecular flexibility index (Phi) is 6.40. The number of carbonyl (C=O) groups is 2. The Morgan fingerprint density at radius 1 is 1.21 bits per heavy atom. The zero-order valence-electron chi connectivity index (χ0n) is 15.9. The largest absolute Gasteiger partial charge is 0.508 e. The smallest absolute Gasteiger partial charge is 0.271 e. The zero-order chi connectivity index (χ0) is 20.9. The van der Waals surface area contributed by atoms with E-state index in [9.17, 15) is 14.7 Å². The normalized spacial score (nSPS) is 15.2. The molecule has 0 unspecified atom stereocenters. The summed E-state index contributed by atoms with van der Waals surface area (Å²) in [5.41, 5.74) is 0.374. The van der Waals surface area contributed by atoms with E-state index in [-0.39, 0.29) is 29.7 Å². The Balaban J connectivity index is 1.67. The van der Waals surface area contributed by atoms with E-state index < -0.39 is 5.54 Å². The first-order valence-corrected chi connectivity index (χ1v) is 9.82. The van der Waals surface area contributed by atoms with E-state index in [0.717, 1.165) is 32.1 Å². The van der Waals surface area contributed by atoms with Crippen LogP contribution < -0.4 is 10.6 Å². The molecule has 0 aliphatic heterocycles. The van der Waals surface area contributed by atoms with Gasteiger partial charge in [-0.3, -0.25) is 14.6 Å². The molecule has 0 bridgehead atoms. The van der Waals surface area contributed by atoms with Crippen LogP contribution in [-0.2, 0) is 11.2 Å². The molecule has 2 amide bonds. The van der Waals surface area contributed by atoms with Gasteiger partial charge in [-0.15, -0.1) is 6.42 Å². The Morgan fingerprint density at radius 3 is 2.69 bits per heavy atom. The van der Waals surface area contributed by atoms with Crippen LogP contribution >= 0.6 is 11.6 Å². The van der Waals surface area contributed by atoms with Crippen molar-refractivity contribution >= 4 is 29.1 Å². The summed E-state index contributed by atoms with van der Waals surface area (Å²) in [4.78, 5) is 29.1. The molecule has 1 heterocycles. The summed E-state index contributed by atoms with van der Waals surface area (Å²) in [7, 11) is 0. The van der Waals surface area contributed by atoms with Crippen LogP contribution in [0.25, 0.3) is 0 Å². The van der Waals surface area contributed by atoms with E-state index in [4.69, 9.17) is 18.0 Å². The first-order valence-electron chi connectivity index (χ1n) is 9.44. The molecule has 1 aromatic heterocycles. The molecule has 0 saturated heterocycles. The molecule has 0 atom stereocenters. The average Bonchev–Trinajstić information content (AvgIpc) is 2.71. The van der Waals surface area contributed by atoms with Gasteiger partial charge >= 0.3 is 0 Å². The van der Waals surface area contributed by atoms with Gasteiger partial charge in [0.1, 0.15) is 17.0 Å². The second-order valence-corrected chi connectivity index (χ2v) is 7.61. The standard InChI is InChI=1S/C22H22ClN3O3/c1-2-22(9-4-3-5-10-22)26-21(29)18-14-17(8-11-24-18)25-20(28)13-15-12-16(23)6-7-19(15)27/h1,6-8,11-12,14,27H,3-5,9-10,13H2,(H,26,29)(H,24,25,28). The van der Waals surface area contributed by atoms with Crippen LogP contribution in [0.2, 0.25) is 5.02 Å². The zero-order valence-corrected chi connectivity index (χ0v) is 16.6. The second-order valence-electron chi connectivity index (χ2n) is 7.17. The molecule has 0 spiro atoms. The Morgan fingerprint density at radius 2 is 1.97 bits per heavy atom. The van der Waals surface area contributed by atoms with Crippen molar-refractivity contribution in [3.05, 3.63) is 52.8 Å². The molecule has 29 heavy (non-hydrogen) atoms. The number of halogens is 1. The maximum absolute atomic E-state index is 12.7. The third-order valence-electron chi connectivity index (χ3n) is 5.01. The highest BCUT2D eigenvalue weighted by Gasteiger charge is 2.32. The molecule has 1 aliphatic carbocycles. The maximum atomic E-state index is 12.7. The molecule has 1 saturated carbocycles. The van der Waals surface area contributed by atoms with Crippen molar-refractivity contribution in [2.24, 2.45) is 0 Å². The van der Waals surface area contributed by atoms with E-state index in [1.165, 1.54) is 24.4 Å². The Bertz CT molecular complexity index is 962. The Hall–Kier alpha value is -3.04. The summed E-state index contributed by atoms with van der Waals surface area (Å²) < 4.78 is 0. The number of pyridine rings is 1. The predicted octanol–water partition coefficient (Wildman–Crippen LogP) is 3.69. The number of aromatic hydroxyl groups is 1. The number of aromatic nitrogens is 1. The highest BCUT2D eigenvalue weighted by molar-refractivity contribution is 6.30. The lowest BCUT2D eigenvalue weighted by atomic mass is 9.82. The number of anilines is 1. The lowest BCUT2D eigenvalue weighted by Gasteiger charge is -2.33. The lowest BCUT2D eigenvalue weighted by molar-refractivity contribution is -0.115. The number of carbonyl (C=O) groups excluding carboxylic acids is 2. The average molecular weight is 412 g/mol. The third-order valence-corrected chi connectivity index (χ3v) is 5.24. The van der Waals surface area contributed by atoms with E-state index in [1.807, 2.05) is 0 Å². The van der Waals surface area contributed by atoms with Crippen molar-refractivity contribution in [2.45, 2.75) is 44.1 Å². The van der Waals surface area contributed by atoms with Crippen LogP contribution in [0.3, 0.4) is 0 Å². The number of phenolic OH excluding ortho intramolecular Hbond substituents is 1. The molecular formula is C22H22ClN3O3. The van der Waals surface area contributed by atoms with Gasteiger partial charge in [0.25, 0.3) is 5.91 Å². The van der Waals surface area contributed by atoms with Gasteiger partial charge in [0, 0.05) is 22.5 Å². The molecule has 7 heteroatoms. The van der Waals surface area contributed by atoms with Gasteiger partial charge in [0.05, 0.1) is 6.42 Å². The summed E-state index contributed by atoms with van der Waals surface area (Å²) >= 11 is 5.91. The van der Waals surface area contributed by atoms with E-state index in [2.05, 4.69) is 21.5 Å². The SMILES string of the molecule is C#CC1(NC(=O)c2cc(NC(=O)Cc3cc(Cl)ccc3O)ccn2)CCCCC1. The fraction of sp³-hybridized carbons (Fsp3) is 0.318. The van der Waals surface area contributed by atoms with Gasteiger partial charge < -0.3 is 15.7 Å². The molecule has 2 aromatic rings. The summed E-state index contributed by atoms with van der Waals surface area (Å²) in [6, 6.07) is 7.60. The minimum atomic E-state index is -0.639. The second kappa shape index (κ2) is 8.97. The third kappa shape index (κ3) is 5.27. The van der Waals surface area contributed by atoms with Crippen molar-refractivity contribution in [2.75, 3.05) is 5.32 Å². The van der Waals surface area contributed by atoms with Gasteiger partial charge in [-0.05, 0) is 43.2 Å². The molecule has 3 rings (SSSR count). The molecule has 3 N–H and O–H groups in total. The molecule has 6 nitrogen and oxygen atoms in total. The number of nitrogens with one attached hydrogen (secondary N) is 2. The maximum Gasteiger partial charge on any atom is 0.271 e. The van der Waals surface area contributed by atoms with Crippen molar-refractivity contribution in [1.82, 2.24) is 10.3 Å². The van der Waals surface area contributed by atoms with Gasteiger partial charge in [0.15, 0.2) is 0 Å². The van der Waals surface area contributed by atoms with Crippen LogP contribution in [0.1, 0.15) is 48.2 Å². The number of rotatable bonds is 5. The number of hydrogen-bond acceptors (Lipinski definition) is 4. The van der Waals surface area contributed by atoms with Gasteiger partial charge in [-0.2, -0.15) is 0 Å². The van der Waals surface area contributed by atoms with Crippen LogP contribution in [0.15, 0.2) is 36.5 Å². The minimum Gasteiger partial charge on any atom is -0.508 e. The Labute approximate surface area is 174 Å². The summed E-state index contributed by atoms with van der Waals surface area (Å²) in [5.74, 6) is 2.01. The number of phenols is 1. The number of benzene rings is 1. The fourth-order valence-corrected chi connectivity index (χ4v) is 3.64. The first-order chi connectivity index (χ1) is 13.9. The molecule has 0 radical (unpaired) electrons.